The highest BCUT2D eigenvalue weighted by molar-refractivity contribution is 5.87. The number of para-hydroxylation sites is 1. The molecule has 7 nitrogen and oxygen atoms in total. The first-order valence-corrected chi connectivity index (χ1v) is 8.16. The number of amides is 2. The fourth-order valence-corrected chi connectivity index (χ4v) is 2.83. The highest BCUT2D eigenvalue weighted by Crippen LogP contribution is 2.07. The first-order chi connectivity index (χ1) is 11.6. The molecule has 0 unspecified atom stereocenters. The Morgan fingerprint density at radius 3 is 3.00 bits per heavy atom. The molecule has 3 rings (SSSR count). The lowest BCUT2D eigenvalue weighted by molar-refractivity contribution is -0.128. The van der Waals surface area contributed by atoms with Crippen molar-refractivity contribution in [3.63, 3.8) is 0 Å². The minimum atomic E-state index is -0.480. The predicted octanol–water partition coefficient (Wildman–Crippen LogP) is 0.571. The number of nitrogens with one attached hydrogen (secondary N) is 2. The number of hydrogen-bond acceptors (Lipinski definition) is 4. The molecular formula is C17H20N4O3. The Morgan fingerprint density at radius 1 is 1.29 bits per heavy atom. The van der Waals surface area contributed by atoms with Gasteiger partial charge in [-0.25, -0.2) is 4.98 Å². The Bertz CT molecular complexity index is 815. The zero-order chi connectivity index (χ0) is 16.9. The molecule has 2 N–H and O–H groups in total. The molecule has 1 saturated heterocycles. The van der Waals surface area contributed by atoms with Gasteiger partial charge in [-0.15, -0.1) is 0 Å². The number of benzene rings is 1. The van der Waals surface area contributed by atoms with E-state index in [1.165, 1.54) is 10.9 Å². The molecule has 0 radical (unpaired) electrons. The van der Waals surface area contributed by atoms with Gasteiger partial charge in [-0.2, -0.15) is 0 Å². The van der Waals surface area contributed by atoms with E-state index in [1.807, 2.05) is 6.07 Å². The summed E-state index contributed by atoms with van der Waals surface area (Å²) in [5, 5.41) is 6.06. The Hall–Kier alpha value is -2.70. The van der Waals surface area contributed by atoms with E-state index >= 15 is 0 Å². The van der Waals surface area contributed by atoms with Crippen molar-refractivity contribution in [1.29, 1.82) is 0 Å². The Labute approximate surface area is 139 Å². The lowest BCUT2D eigenvalue weighted by Crippen LogP contribution is -2.45. The lowest BCUT2D eigenvalue weighted by atomic mass is 10.1. The maximum Gasteiger partial charge on any atom is 0.261 e. The van der Waals surface area contributed by atoms with Crippen LogP contribution in [-0.2, 0) is 16.1 Å². The average molecular weight is 328 g/mol. The average Bonchev–Trinajstić information content (AvgIpc) is 2.79. The summed E-state index contributed by atoms with van der Waals surface area (Å²) in [5.74, 6) is -0.373. The molecule has 7 heteroatoms. The molecule has 2 aromatic rings. The van der Waals surface area contributed by atoms with Crippen LogP contribution >= 0.6 is 0 Å². The number of nitrogens with zero attached hydrogens (tertiary/aromatic N) is 2. The molecule has 1 fully saturated rings. The zero-order valence-corrected chi connectivity index (χ0v) is 13.3. The van der Waals surface area contributed by atoms with Gasteiger partial charge in [0.2, 0.25) is 11.8 Å². The van der Waals surface area contributed by atoms with Gasteiger partial charge in [-0.1, -0.05) is 12.1 Å². The van der Waals surface area contributed by atoms with Gasteiger partial charge in [0.25, 0.3) is 5.56 Å². The van der Waals surface area contributed by atoms with Gasteiger partial charge in [0.1, 0.15) is 6.04 Å². The molecule has 0 spiro atoms. The second kappa shape index (κ2) is 7.25. The third-order valence-electron chi connectivity index (χ3n) is 4.18. The van der Waals surface area contributed by atoms with Crippen molar-refractivity contribution in [2.24, 2.45) is 0 Å². The normalized spacial score (nSPS) is 18.0. The van der Waals surface area contributed by atoms with E-state index in [4.69, 9.17) is 0 Å². The monoisotopic (exact) mass is 328 g/mol. The Kier molecular flexibility index (Phi) is 4.88. The molecule has 1 atom stereocenters. The van der Waals surface area contributed by atoms with Crippen molar-refractivity contribution < 1.29 is 9.59 Å². The van der Waals surface area contributed by atoms with Crippen molar-refractivity contribution in [2.45, 2.75) is 38.3 Å². The summed E-state index contributed by atoms with van der Waals surface area (Å²) in [6.07, 6.45) is 4.06. The van der Waals surface area contributed by atoms with Crippen LogP contribution in [0.3, 0.4) is 0 Å². The molecule has 2 amide bonds. The van der Waals surface area contributed by atoms with E-state index in [2.05, 4.69) is 15.6 Å². The lowest BCUT2D eigenvalue weighted by Gasteiger charge is -2.15. The van der Waals surface area contributed by atoms with Crippen molar-refractivity contribution in [3.05, 3.63) is 40.9 Å². The maximum atomic E-state index is 12.4. The number of carbonyl (C=O) groups is 2. The summed E-state index contributed by atoms with van der Waals surface area (Å²) >= 11 is 0. The molecule has 2 heterocycles. The fraction of sp³-hybridized carbons (Fsp3) is 0.412. The molecule has 0 aliphatic carbocycles. The van der Waals surface area contributed by atoms with Crippen molar-refractivity contribution in [3.8, 4) is 0 Å². The van der Waals surface area contributed by atoms with Crippen molar-refractivity contribution in [1.82, 2.24) is 20.2 Å². The number of carbonyl (C=O) groups excluding carboxylic acids is 2. The summed E-state index contributed by atoms with van der Waals surface area (Å²) in [7, 11) is 0. The Morgan fingerprint density at radius 2 is 2.12 bits per heavy atom. The summed E-state index contributed by atoms with van der Waals surface area (Å²) in [4.78, 5) is 40.5. The van der Waals surface area contributed by atoms with E-state index in [0.29, 0.717) is 23.9 Å². The summed E-state index contributed by atoms with van der Waals surface area (Å²) < 4.78 is 1.43. The summed E-state index contributed by atoms with van der Waals surface area (Å²) in [6, 6.07) is 6.62. The van der Waals surface area contributed by atoms with E-state index < -0.39 is 6.04 Å². The van der Waals surface area contributed by atoms with Gasteiger partial charge < -0.3 is 10.6 Å². The van der Waals surface area contributed by atoms with Gasteiger partial charge in [-0.3, -0.25) is 19.0 Å². The third-order valence-corrected chi connectivity index (χ3v) is 4.18. The third kappa shape index (κ3) is 3.61. The number of aryl methyl sites for hydroxylation is 1. The number of hydrogen-bond donors (Lipinski definition) is 2. The minimum absolute atomic E-state index is 0.129. The molecule has 1 aliphatic rings. The largest absolute Gasteiger partial charge is 0.354 e. The van der Waals surface area contributed by atoms with Gasteiger partial charge >= 0.3 is 0 Å². The van der Waals surface area contributed by atoms with Crippen LogP contribution in [0.5, 0.6) is 0 Å². The molecule has 1 aromatic carbocycles. The second-order valence-electron chi connectivity index (χ2n) is 5.92. The topological polar surface area (TPSA) is 93.1 Å². The van der Waals surface area contributed by atoms with Crippen LogP contribution in [0.2, 0.25) is 0 Å². The quantitative estimate of drug-likeness (QED) is 0.858. The first kappa shape index (κ1) is 16.2. The molecule has 0 bridgehead atoms. The summed E-state index contributed by atoms with van der Waals surface area (Å²) in [6.45, 7) is 0.889. The van der Waals surface area contributed by atoms with Crippen LogP contribution in [0, 0.1) is 0 Å². The molecule has 1 aromatic heterocycles. The van der Waals surface area contributed by atoms with Crippen LogP contribution in [0.4, 0.5) is 0 Å². The van der Waals surface area contributed by atoms with E-state index in [9.17, 15) is 14.4 Å². The van der Waals surface area contributed by atoms with Gasteiger partial charge in [0.05, 0.1) is 17.2 Å². The second-order valence-corrected chi connectivity index (χ2v) is 5.92. The van der Waals surface area contributed by atoms with Crippen LogP contribution in [-0.4, -0.2) is 34.0 Å². The van der Waals surface area contributed by atoms with Crippen molar-refractivity contribution in [2.75, 3.05) is 6.54 Å². The highest BCUT2D eigenvalue weighted by Gasteiger charge is 2.22. The fourth-order valence-electron chi connectivity index (χ4n) is 2.83. The van der Waals surface area contributed by atoms with Gasteiger partial charge in [0, 0.05) is 19.5 Å². The van der Waals surface area contributed by atoms with E-state index in [1.54, 1.807) is 18.2 Å². The Balaban J connectivity index is 1.63. The smallest absolute Gasteiger partial charge is 0.261 e. The van der Waals surface area contributed by atoms with Crippen molar-refractivity contribution >= 4 is 22.7 Å². The van der Waals surface area contributed by atoms with Crippen LogP contribution in [0.15, 0.2) is 35.4 Å². The molecule has 1 aliphatic heterocycles. The predicted molar refractivity (Wildman–Crippen MR) is 89.4 cm³/mol. The highest BCUT2D eigenvalue weighted by atomic mass is 16.2. The first-order valence-electron chi connectivity index (χ1n) is 8.16. The number of fused-ring (bicyclic) bond motifs is 1. The van der Waals surface area contributed by atoms with Gasteiger partial charge in [0.15, 0.2) is 0 Å². The van der Waals surface area contributed by atoms with Gasteiger partial charge in [-0.05, 0) is 31.4 Å². The van der Waals surface area contributed by atoms with Crippen LogP contribution < -0.4 is 16.2 Å². The standard InChI is InChI=1S/C17H20N4O3/c22-15(20-14-7-3-4-9-18-16(14)23)8-10-21-11-19-13-6-2-1-5-12(13)17(21)24/h1-2,5-6,11,14H,3-4,7-10H2,(H,18,23)(H,20,22)/t14-/m0/s1. The molecular weight excluding hydrogens is 308 g/mol. The molecule has 0 saturated carbocycles. The maximum absolute atomic E-state index is 12.4. The van der Waals surface area contributed by atoms with E-state index in [0.717, 1.165) is 12.8 Å². The molecule has 126 valence electrons. The minimum Gasteiger partial charge on any atom is -0.354 e. The van der Waals surface area contributed by atoms with Crippen LogP contribution in [0.1, 0.15) is 25.7 Å². The summed E-state index contributed by atoms with van der Waals surface area (Å²) in [5.41, 5.74) is 0.471. The zero-order valence-electron chi connectivity index (χ0n) is 13.3. The molecule has 24 heavy (non-hydrogen) atoms. The van der Waals surface area contributed by atoms with E-state index in [-0.39, 0.29) is 30.3 Å². The van der Waals surface area contributed by atoms with Crippen LogP contribution in [0.25, 0.3) is 10.9 Å². The SMILES string of the molecule is O=C(CCn1cnc2ccccc2c1=O)N[C@H]1CCCCNC1=O. The number of aromatic nitrogens is 2. The number of rotatable bonds is 4.